The molecule has 54 heavy (non-hydrogen) atoms. The van der Waals surface area contributed by atoms with E-state index in [-0.39, 0.29) is 0 Å². The van der Waals surface area contributed by atoms with Crippen LogP contribution >= 0.6 is 0 Å². The van der Waals surface area contributed by atoms with Crippen LogP contribution in [0.2, 0.25) is 0 Å². The van der Waals surface area contributed by atoms with Crippen LogP contribution in [0.1, 0.15) is 0 Å². The van der Waals surface area contributed by atoms with Crippen LogP contribution in [0.5, 0.6) is 0 Å². The first-order chi connectivity index (χ1) is 26.8. The van der Waals surface area contributed by atoms with E-state index < -0.39 is 0 Å². The number of hydrogen-bond donors (Lipinski definition) is 0. The maximum Gasteiger partial charge on any atom is 0.213 e. The number of para-hydroxylation sites is 5. The summed E-state index contributed by atoms with van der Waals surface area (Å²) < 4.78 is 17.7. The molecule has 0 spiro atoms. The van der Waals surface area contributed by atoms with Crippen molar-refractivity contribution in [2.45, 2.75) is 0 Å². The molecule has 0 aliphatic heterocycles. The molecular formula is C50H30N2O2. The first-order valence-electron chi connectivity index (χ1n) is 18.3. The molecule has 0 saturated heterocycles. The summed E-state index contributed by atoms with van der Waals surface area (Å²) in [7, 11) is 0. The summed E-state index contributed by atoms with van der Waals surface area (Å²) in [6, 6.07) is 64.7. The summed E-state index contributed by atoms with van der Waals surface area (Å²) in [5, 5.41) is 8.15. The number of hydrogen-bond acceptors (Lipinski definition) is 2. The van der Waals surface area contributed by atoms with Gasteiger partial charge in [-0.3, -0.25) is 4.57 Å². The van der Waals surface area contributed by atoms with Gasteiger partial charge in [-0.05, 0) is 83.4 Å². The SMILES string of the molecule is c1ccc(-n2c3ccccc3c3c4cccc(-c5cccc(-n6c7ccccc7c7cc(-c8ccc9oc%10ccccc%10c9c8)ccc76)c5)c4oc32)cc1. The van der Waals surface area contributed by atoms with Crippen LogP contribution in [0.25, 0.3) is 110 Å². The zero-order valence-electron chi connectivity index (χ0n) is 29.0. The van der Waals surface area contributed by atoms with E-state index in [9.17, 15) is 0 Å². The molecule has 0 fully saturated rings. The van der Waals surface area contributed by atoms with E-state index in [0.717, 1.165) is 77.5 Å². The lowest BCUT2D eigenvalue weighted by Crippen LogP contribution is -1.94. The minimum atomic E-state index is 0.860. The van der Waals surface area contributed by atoms with Crippen molar-refractivity contribution < 1.29 is 8.83 Å². The molecule has 8 aromatic carbocycles. The molecule has 0 amide bonds. The monoisotopic (exact) mass is 690 g/mol. The Bertz CT molecular complexity index is 3450. The smallest absolute Gasteiger partial charge is 0.213 e. The van der Waals surface area contributed by atoms with Crippen LogP contribution in [0, 0.1) is 0 Å². The van der Waals surface area contributed by atoms with Gasteiger partial charge in [0.2, 0.25) is 5.71 Å². The van der Waals surface area contributed by atoms with Crippen molar-refractivity contribution in [3.8, 4) is 33.6 Å². The van der Waals surface area contributed by atoms with E-state index in [1.807, 2.05) is 12.1 Å². The van der Waals surface area contributed by atoms with E-state index >= 15 is 0 Å². The highest BCUT2D eigenvalue weighted by Crippen LogP contribution is 2.43. The zero-order chi connectivity index (χ0) is 35.3. The highest BCUT2D eigenvalue weighted by atomic mass is 16.3. The van der Waals surface area contributed by atoms with Gasteiger partial charge in [0.15, 0.2) is 0 Å². The van der Waals surface area contributed by atoms with Gasteiger partial charge in [-0.25, -0.2) is 0 Å². The maximum absolute atomic E-state index is 6.93. The maximum atomic E-state index is 6.93. The molecule has 0 unspecified atom stereocenters. The van der Waals surface area contributed by atoms with E-state index in [1.54, 1.807) is 0 Å². The van der Waals surface area contributed by atoms with Crippen molar-refractivity contribution >= 4 is 76.7 Å². The van der Waals surface area contributed by atoms with Crippen LogP contribution in [-0.4, -0.2) is 9.13 Å². The Kier molecular flexibility index (Phi) is 6.02. The quantitative estimate of drug-likeness (QED) is 0.184. The second-order valence-corrected chi connectivity index (χ2v) is 14.1. The molecule has 0 aliphatic rings. The number of nitrogens with zero attached hydrogens (tertiary/aromatic N) is 2. The fraction of sp³-hybridized carbons (Fsp3) is 0. The Morgan fingerprint density at radius 3 is 1.83 bits per heavy atom. The number of benzene rings is 8. The largest absolute Gasteiger partial charge is 0.456 e. The Hall–Kier alpha value is -7.30. The van der Waals surface area contributed by atoms with Crippen molar-refractivity contribution in [3.63, 3.8) is 0 Å². The Labute approximate surface area is 309 Å². The first kappa shape index (κ1) is 29.3. The third-order valence-corrected chi connectivity index (χ3v) is 11.1. The number of furan rings is 2. The average molecular weight is 691 g/mol. The van der Waals surface area contributed by atoms with Gasteiger partial charge < -0.3 is 13.4 Å². The molecule has 0 saturated carbocycles. The highest BCUT2D eigenvalue weighted by molar-refractivity contribution is 6.22. The van der Waals surface area contributed by atoms with Crippen LogP contribution in [0.15, 0.2) is 191 Å². The summed E-state index contributed by atoms with van der Waals surface area (Å²) in [4.78, 5) is 0. The minimum Gasteiger partial charge on any atom is -0.456 e. The summed E-state index contributed by atoms with van der Waals surface area (Å²) in [6.45, 7) is 0. The van der Waals surface area contributed by atoms with Gasteiger partial charge in [0.05, 0.1) is 21.9 Å². The summed E-state index contributed by atoms with van der Waals surface area (Å²) in [6.07, 6.45) is 0. The molecule has 0 N–H and O–H groups in total. The Morgan fingerprint density at radius 2 is 0.963 bits per heavy atom. The minimum absolute atomic E-state index is 0.860. The van der Waals surface area contributed by atoms with Gasteiger partial charge in [0.25, 0.3) is 0 Å². The molecule has 12 rings (SSSR count). The highest BCUT2D eigenvalue weighted by Gasteiger charge is 2.22. The molecule has 0 bridgehead atoms. The molecule has 0 radical (unpaired) electrons. The van der Waals surface area contributed by atoms with Gasteiger partial charge >= 0.3 is 0 Å². The van der Waals surface area contributed by atoms with Gasteiger partial charge in [-0.1, -0.05) is 115 Å². The first-order valence-corrected chi connectivity index (χ1v) is 18.3. The summed E-state index contributed by atoms with van der Waals surface area (Å²) >= 11 is 0. The number of aromatic nitrogens is 2. The van der Waals surface area contributed by atoms with E-state index in [0.29, 0.717) is 0 Å². The lowest BCUT2D eigenvalue weighted by Gasteiger charge is -2.11. The lowest BCUT2D eigenvalue weighted by atomic mass is 10.0. The van der Waals surface area contributed by atoms with Crippen LogP contribution in [-0.2, 0) is 0 Å². The topological polar surface area (TPSA) is 36.1 Å². The standard InChI is InChI=1S/C50H30N2O2/c1-2-13-34(14-3-1)52-44-22-8-5-18-39(44)48-40-20-11-19-36(49(40)54-50(48)52)33-12-10-15-35(28-33)51-43-21-7-4-16-37(43)41-29-31(24-26-45(41)51)32-25-27-47-42(30-32)38-17-6-9-23-46(38)53-47/h1-30H. The molecule has 0 atom stereocenters. The van der Waals surface area contributed by atoms with Gasteiger partial charge in [-0.2, -0.15) is 0 Å². The molecule has 4 heterocycles. The average Bonchev–Trinajstić information content (AvgIpc) is 3.98. The molecule has 0 aliphatic carbocycles. The molecule has 12 aromatic rings. The van der Waals surface area contributed by atoms with Crippen LogP contribution < -0.4 is 0 Å². The molecule has 4 aromatic heterocycles. The fourth-order valence-electron chi connectivity index (χ4n) is 8.72. The van der Waals surface area contributed by atoms with Crippen molar-refractivity contribution in [3.05, 3.63) is 182 Å². The molecule has 252 valence electrons. The van der Waals surface area contributed by atoms with Gasteiger partial charge in [-0.15, -0.1) is 0 Å². The molecule has 4 heteroatoms. The van der Waals surface area contributed by atoms with E-state index in [2.05, 4.69) is 179 Å². The third-order valence-electron chi connectivity index (χ3n) is 11.1. The number of rotatable bonds is 4. The number of fused-ring (bicyclic) bond motifs is 11. The predicted molar refractivity (Wildman–Crippen MR) is 223 cm³/mol. The van der Waals surface area contributed by atoms with E-state index in [1.165, 1.54) is 32.8 Å². The Morgan fingerprint density at radius 1 is 0.333 bits per heavy atom. The van der Waals surface area contributed by atoms with Crippen molar-refractivity contribution in [2.75, 3.05) is 0 Å². The predicted octanol–water partition coefficient (Wildman–Crippen LogP) is 13.9. The van der Waals surface area contributed by atoms with Gasteiger partial charge in [0.1, 0.15) is 16.7 Å². The van der Waals surface area contributed by atoms with Crippen molar-refractivity contribution in [2.24, 2.45) is 0 Å². The van der Waals surface area contributed by atoms with Crippen molar-refractivity contribution in [1.29, 1.82) is 0 Å². The van der Waals surface area contributed by atoms with Crippen LogP contribution in [0.4, 0.5) is 0 Å². The fourth-order valence-corrected chi connectivity index (χ4v) is 8.72. The summed E-state index contributed by atoms with van der Waals surface area (Å²) in [5.74, 6) is 0. The molecular weight excluding hydrogens is 661 g/mol. The summed E-state index contributed by atoms with van der Waals surface area (Å²) in [5.41, 5.74) is 13.7. The lowest BCUT2D eigenvalue weighted by molar-refractivity contribution is 0.646. The second kappa shape index (κ2) is 11.1. The normalized spacial score (nSPS) is 12.1. The van der Waals surface area contributed by atoms with Gasteiger partial charge in [0, 0.05) is 49.3 Å². The van der Waals surface area contributed by atoms with Crippen LogP contribution in [0.3, 0.4) is 0 Å². The third kappa shape index (κ3) is 4.13. The molecule has 4 nitrogen and oxygen atoms in total. The van der Waals surface area contributed by atoms with E-state index in [4.69, 9.17) is 8.83 Å². The van der Waals surface area contributed by atoms with Crippen molar-refractivity contribution in [1.82, 2.24) is 9.13 Å². The second-order valence-electron chi connectivity index (χ2n) is 14.1. The zero-order valence-corrected chi connectivity index (χ0v) is 29.0. The Balaban J connectivity index is 1.03.